The number of terminal acetylenes is 1. The number of hydrogen-bond donors (Lipinski definition) is 1. The summed E-state index contributed by atoms with van der Waals surface area (Å²) < 4.78 is 1.80. The van der Waals surface area contributed by atoms with Gasteiger partial charge in [0.25, 0.3) is 0 Å². The van der Waals surface area contributed by atoms with E-state index in [2.05, 4.69) is 5.92 Å². The third-order valence-corrected chi connectivity index (χ3v) is 3.69. The van der Waals surface area contributed by atoms with Gasteiger partial charge in [0.1, 0.15) is 5.69 Å². The zero-order chi connectivity index (χ0) is 14.5. The molecule has 2 heterocycles. The van der Waals surface area contributed by atoms with Crippen LogP contribution in [0.5, 0.6) is 0 Å². The van der Waals surface area contributed by atoms with Gasteiger partial charge in [-0.05, 0) is 25.0 Å². The van der Waals surface area contributed by atoms with Crippen molar-refractivity contribution >= 4 is 11.9 Å². The molecule has 0 aromatic carbocycles. The van der Waals surface area contributed by atoms with E-state index in [0.29, 0.717) is 31.6 Å². The Morgan fingerprint density at radius 2 is 2.10 bits per heavy atom. The van der Waals surface area contributed by atoms with Gasteiger partial charge in [0.05, 0.1) is 0 Å². The van der Waals surface area contributed by atoms with Crippen LogP contribution in [-0.4, -0.2) is 39.5 Å². The van der Waals surface area contributed by atoms with Gasteiger partial charge in [0.15, 0.2) is 0 Å². The van der Waals surface area contributed by atoms with Gasteiger partial charge in [0.2, 0.25) is 5.91 Å². The van der Waals surface area contributed by atoms with Gasteiger partial charge < -0.3 is 14.6 Å². The van der Waals surface area contributed by atoms with E-state index < -0.39 is 5.97 Å². The molecule has 1 saturated heterocycles. The summed E-state index contributed by atoms with van der Waals surface area (Å²) in [4.78, 5) is 24.8. The molecule has 0 saturated carbocycles. The average Bonchev–Trinajstić information content (AvgIpc) is 2.94. The van der Waals surface area contributed by atoms with Crippen LogP contribution < -0.4 is 0 Å². The van der Waals surface area contributed by atoms with Crippen LogP contribution in [0.25, 0.3) is 0 Å². The molecule has 1 aromatic heterocycles. The zero-order valence-electron chi connectivity index (χ0n) is 11.3. The Balaban J connectivity index is 1.94. The molecule has 106 valence electrons. The summed E-state index contributed by atoms with van der Waals surface area (Å²) in [6.07, 6.45) is 9.37. The van der Waals surface area contributed by atoms with Gasteiger partial charge in [-0.25, -0.2) is 4.79 Å². The Morgan fingerprint density at radius 3 is 2.70 bits per heavy atom. The molecule has 0 aliphatic carbocycles. The van der Waals surface area contributed by atoms with Crippen LogP contribution >= 0.6 is 0 Å². The molecule has 2 rings (SSSR count). The number of amides is 1. The molecule has 5 heteroatoms. The lowest BCUT2D eigenvalue weighted by molar-refractivity contribution is -0.132. The molecule has 1 aromatic rings. The van der Waals surface area contributed by atoms with Crippen molar-refractivity contribution in [3.63, 3.8) is 0 Å². The molecule has 0 bridgehead atoms. The average molecular weight is 274 g/mol. The summed E-state index contributed by atoms with van der Waals surface area (Å²) >= 11 is 0. The van der Waals surface area contributed by atoms with Crippen molar-refractivity contribution in [1.29, 1.82) is 0 Å². The van der Waals surface area contributed by atoms with Crippen molar-refractivity contribution in [3.05, 3.63) is 24.0 Å². The van der Waals surface area contributed by atoms with Gasteiger partial charge >= 0.3 is 5.97 Å². The fraction of sp³-hybridized carbons (Fsp3) is 0.467. The number of rotatable bonds is 4. The van der Waals surface area contributed by atoms with Gasteiger partial charge in [-0.3, -0.25) is 4.79 Å². The van der Waals surface area contributed by atoms with E-state index in [0.717, 1.165) is 12.8 Å². The molecule has 1 fully saturated rings. The number of aromatic nitrogens is 1. The number of hydrogen-bond acceptors (Lipinski definition) is 2. The topological polar surface area (TPSA) is 62.5 Å². The summed E-state index contributed by atoms with van der Waals surface area (Å²) in [5.74, 6) is 1.65. The fourth-order valence-corrected chi connectivity index (χ4v) is 2.62. The number of carboxylic acids is 1. The molecule has 0 radical (unpaired) electrons. The number of nitrogens with zero attached hydrogens (tertiary/aromatic N) is 2. The standard InChI is InChI=1S/C15H18N2O3/c1-2-3-6-14(18)16-10-7-12(8-11-16)17-9-4-5-13(17)15(19)20/h1,4-5,9,12H,3,6-8,10-11H2,(H,19,20). The second kappa shape index (κ2) is 6.29. The van der Waals surface area contributed by atoms with Crippen LogP contribution in [0.3, 0.4) is 0 Å². The Hall–Kier alpha value is -2.22. The first-order chi connectivity index (χ1) is 9.63. The SMILES string of the molecule is C#CCCC(=O)N1CCC(n2cccc2C(=O)O)CC1. The highest BCUT2D eigenvalue weighted by atomic mass is 16.4. The van der Waals surface area contributed by atoms with E-state index in [1.54, 1.807) is 22.9 Å². The maximum atomic E-state index is 11.9. The molecule has 1 N–H and O–H groups in total. The van der Waals surface area contributed by atoms with Gasteiger partial charge in [0, 0.05) is 38.2 Å². The first-order valence-electron chi connectivity index (χ1n) is 6.75. The fourth-order valence-electron chi connectivity index (χ4n) is 2.62. The Bertz CT molecular complexity index is 534. The molecule has 1 amide bonds. The van der Waals surface area contributed by atoms with E-state index in [4.69, 9.17) is 11.5 Å². The summed E-state index contributed by atoms with van der Waals surface area (Å²) in [5.41, 5.74) is 0.308. The molecule has 0 unspecified atom stereocenters. The van der Waals surface area contributed by atoms with Crippen molar-refractivity contribution in [3.8, 4) is 12.3 Å². The van der Waals surface area contributed by atoms with E-state index in [9.17, 15) is 9.59 Å². The Kier molecular flexibility index (Phi) is 4.46. The summed E-state index contributed by atoms with van der Waals surface area (Å²) in [5, 5.41) is 9.12. The van der Waals surface area contributed by atoms with E-state index in [1.165, 1.54) is 0 Å². The molecule has 20 heavy (non-hydrogen) atoms. The highest BCUT2D eigenvalue weighted by Gasteiger charge is 2.25. The van der Waals surface area contributed by atoms with Crippen molar-refractivity contribution in [1.82, 2.24) is 9.47 Å². The monoisotopic (exact) mass is 274 g/mol. The molecule has 0 spiro atoms. The second-order valence-electron chi connectivity index (χ2n) is 4.92. The smallest absolute Gasteiger partial charge is 0.352 e. The van der Waals surface area contributed by atoms with Crippen molar-refractivity contribution in [2.75, 3.05) is 13.1 Å². The lowest BCUT2D eigenvalue weighted by Crippen LogP contribution is -2.39. The molecule has 1 aliphatic heterocycles. The van der Waals surface area contributed by atoms with E-state index in [1.807, 2.05) is 4.90 Å². The molecular weight excluding hydrogens is 256 g/mol. The largest absolute Gasteiger partial charge is 0.477 e. The number of carboxylic acid groups (broad SMARTS) is 1. The Morgan fingerprint density at radius 1 is 1.40 bits per heavy atom. The number of piperidine rings is 1. The molecule has 1 aliphatic rings. The van der Waals surface area contributed by atoms with E-state index in [-0.39, 0.29) is 11.9 Å². The lowest BCUT2D eigenvalue weighted by atomic mass is 10.0. The normalized spacial score (nSPS) is 15.8. The van der Waals surface area contributed by atoms with Crippen LogP contribution in [0, 0.1) is 12.3 Å². The number of carbonyl (C=O) groups is 2. The maximum absolute atomic E-state index is 11.9. The van der Waals surface area contributed by atoms with Crippen LogP contribution in [0.4, 0.5) is 0 Å². The van der Waals surface area contributed by atoms with Crippen LogP contribution in [0.1, 0.15) is 42.2 Å². The van der Waals surface area contributed by atoms with Crippen molar-refractivity contribution in [2.45, 2.75) is 31.7 Å². The highest BCUT2D eigenvalue weighted by Crippen LogP contribution is 2.25. The van der Waals surface area contributed by atoms with Gasteiger partial charge in [-0.1, -0.05) is 0 Å². The minimum atomic E-state index is -0.914. The van der Waals surface area contributed by atoms with E-state index >= 15 is 0 Å². The van der Waals surface area contributed by atoms with Gasteiger partial charge in [-0.2, -0.15) is 0 Å². The number of carbonyl (C=O) groups excluding carboxylic acids is 1. The minimum Gasteiger partial charge on any atom is -0.477 e. The second-order valence-corrected chi connectivity index (χ2v) is 4.92. The third-order valence-electron chi connectivity index (χ3n) is 3.69. The minimum absolute atomic E-state index is 0.0902. The number of aromatic carboxylic acids is 1. The summed E-state index contributed by atoms with van der Waals surface area (Å²) in [6, 6.07) is 3.49. The Labute approximate surface area is 118 Å². The molecule has 0 atom stereocenters. The van der Waals surface area contributed by atoms with Crippen molar-refractivity contribution < 1.29 is 14.7 Å². The summed E-state index contributed by atoms with van der Waals surface area (Å²) in [7, 11) is 0. The highest BCUT2D eigenvalue weighted by molar-refractivity contribution is 5.85. The maximum Gasteiger partial charge on any atom is 0.352 e. The van der Waals surface area contributed by atoms with Gasteiger partial charge in [-0.15, -0.1) is 12.3 Å². The zero-order valence-corrected chi connectivity index (χ0v) is 11.3. The van der Waals surface area contributed by atoms with Crippen LogP contribution in [0.2, 0.25) is 0 Å². The predicted octanol–water partition coefficient (Wildman–Crippen LogP) is 1.76. The number of likely N-dealkylation sites (tertiary alicyclic amines) is 1. The first-order valence-corrected chi connectivity index (χ1v) is 6.75. The first kappa shape index (κ1) is 14.2. The van der Waals surface area contributed by atoms with Crippen molar-refractivity contribution in [2.24, 2.45) is 0 Å². The molecular formula is C15H18N2O3. The molecule has 5 nitrogen and oxygen atoms in total. The van der Waals surface area contributed by atoms with Crippen LogP contribution in [0.15, 0.2) is 18.3 Å². The predicted molar refractivity (Wildman–Crippen MR) is 74.3 cm³/mol. The summed E-state index contributed by atoms with van der Waals surface area (Å²) in [6.45, 7) is 1.32. The van der Waals surface area contributed by atoms with Crippen LogP contribution in [-0.2, 0) is 4.79 Å². The third kappa shape index (κ3) is 3.02. The lowest BCUT2D eigenvalue weighted by Gasteiger charge is -2.33. The quantitative estimate of drug-likeness (QED) is 0.851.